The van der Waals surface area contributed by atoms with E-state index in [0.29, 0.717) is 18.1 Å². The molecule has 21 heavy (non-hydrogen) atoms. The highest BCUT2D eigenvalue weighted by atomic mass is 16.5. The first kappa shape index (κ1) is 16.3. The van der Waals surface area contributed by atoms with Crippen LogP contribution in [-0.2, 0) is 0 Å². The van der Waals surface area contributed by atoms with Gasteiger partial charge < -0.3 is 15.0 Å². The third kappa shape index (κ3) is 5.33. The second-order valence-electron chi connectivity index (χ2n) is 6.60. The zero-order chi connectivity index (χ0) is 15.2. The molecule has 0 aromatic heterocycles. The molecule has 0 aliphatic carbocycles. The van der Waals surface area contributed by atoms with Crippen LogP contribution in [0.25, 0.3) is 0 Å². The van der Waals surface area contributed by atoms with Gasteiger partial charge in [0.2, 0.25) is 0 Å². The molecule has 0 amide bonds. The van der Waals surface area contributed by atoms with E-state index >= 15 is 0 Å². The van der Waals surface area contributed by atoms with Gasteiger partial charge in [0.05, 0.1) is 0 Å². The topological polar surface area (TPSA) is 24.5 Å². The SMILES string of the molecule is Cc1ccc(OCC(C)NC2CCN(C(C)C)CC2)cc1. The summed E-state index contributed by atoms with van der Waals surface area (Å²) in [5.41, 5.74) is 1.27. The average Bonchev–Trinajstić information content (AvgIpc) is 2.47. The van der Waals surface area contributed by atoms with E-state index in [1.54, 1.807) is 0 Å². The van der Waals surface area contributed by atoms with E-state index in [1.165, 1.54) is 31.5 Å². The van der Waals surface area contributed by atoms with Crippen molar-refractivity contribution in [3.8, 4) is 5.75 Å². The number of benzene rings is 1. The number of nitrogens with one attached hydrogen (secondary N) is 1. The molecular formula is C18H30N2O. The van der Waals surface area contributed by atoms with Crippen LogP contribution in [0.3, 0.4) is 0 Å². The number of nitrogens with zero attached hydrogens (tertiary/aromatic N) is 1. The van der Waals surface area contributed by atoms with Gasteiger partial charge in [0.1, 0.15) is 12.4 Å². The van der Waals surface area contributed by atoms with Crippen LogP contribution in [0.5, 0.6) is 5.75 Å². The van der Waals surface area contributed by atoms with Crippen molar-refractivity contribution in [1.29, 1.82) is 0 Å². The molecule has 118 valence electrons. The summed E-state index contributed by atoms with van der Waals surface area (Å²) in [5.74, 6) is 0.962. The van der Waals surface area contributed by atoms with E-state index in [2.05, 4.69) is 50.0 Å². The van der Waals surface area contributed by atoms with Gasteiger partial charge in [-0.05, 0) is 65.8 Å². The molecule has 1 fully saturated rings. The highest BCUT2D eigenvalue weighted by molar-refractivity contribution is 5.26. The van der Waals surface area contributed by atoms with Gasteiger partial charge in [-0.3, -0.25) is 0 Å². The van der Waals surface area contributed by atoms with Gasteiger partial charge in [0, 0.05) is 18.1 Å². The molecule has 3 heteroatoms. The third-order valence-electron chi connectivity index (χ3n) is 4.30. The van der Waals surface area contributed by atoms with Gasteiger partial charge in [-0.2, -0.15) is 0 Å². The van der Waals surface area contributed by atoms with Crippen molar-refractivity contribution in [3.05, 3.63) is 29.8 Å². The van der Waals surface area contributed by atoms with Crippen molar-refractivity contribution < 1.29 is 4.74 Å². The number of hydrogen-bond donors (Lipinski definition) is 1. The molecule has 1 saturated heterocycles. The maximum absolute atomic E-state index is 5.85. The molecule has 1 aliphatic heterocycles. The van der Waals surface area contributed by atoms with Gasteiger partial charge in [-0.25, -0.2) is 0 Å². The molecule has 0 saturated carbocycles. The number of aryl methyl sites for hydroxylation is 1. The fourth-order valence-corrected chi connectivity index (χ4v) is 2.89. The molecule has 1 atom stereocenters. The highest BCUT2D eigenvalue weighted by Crippen LogP contribution is 2.14. The van der Waals surface area contributed by atoms with Crippen LogP contribution in [-0.4, -0.2) is 42.7 Å². The molecule has 1 N–H and O–H groups in total. The largest absolute Gasteiger partial charge is 0.492 e. The van der Waals surface area contributed by atoms with Crippen molar-refractivity contribution in [2.75, 3.05) is 19.7 Å². The predicted molar refractivity (Wildman–Crippen MR) is 89.0 cm³/mol. The van der Waals surface area contributed by atoms with Crippen LogP contribution < -0.4 is 10.1 Å². The van der Waals surface area contributed by atoms with Crippen LogP contribution in [0.2, 0.25) is 0 Å². The Labute approximate surface area is 129 Å². The highest BCUT2D eigenvalue weighted by Gasteiger charge is 2.21. The molecule has 1 aliphatic rings. The molecule has 0 bridgehead atoms. The van der Waals surface area contributed by atoms with E-state index in [9.17, 15) is 0 Å². The van der Waals surface area contributed by atoms with Crippen molar-refractivity contribution in [2.45, 2.75) is 58.7 Å². The minimum Gasteiger partial charge on any atom is -0.492 e. The standard InChI is InChI=1S/C18H30N2O/c1-14(2)20-11-9-17(10-12-20)19-16(4)13-21-18-7-5-15(3)6-8-18/h5-8,14,16-17,19H,9-13H2,1-4H3. The number of rotatable bonds is 6. The third-order valence-corrected chi connectivity index (χ3v) is 4.30. The molecule has 1 unspecified atom stereocenters. The summed E-state index contributed by atoms with van der Waals surface area (Å²) in [5, 5.41) is 3.71. The zero-order valence-corrected chi connectivity index (χ0v) is 13.9. The second-order valence-corrected chi connectivity index (χ2v) is 6.60. The molecule has 0 radical (unpaired) electrons. The fourth-order valence-electron chi connectivity index (χ4n) is 2.89. The van der Waals surface area contributed by atoms with Gasteiger partial charge in [0.15, 0.2) is 0 Å². The van der Waals surface area contributed by atoms with E-state index in [-0.39, 0.29) is 0 Å². The zero-order valence-electron chi connectivity index (χ0n) is 13.9. The van der Waals surface area contributed by atoms with Crippen LogP contribution in [0.15, 0.2) is 24.3 Å². The van der Waals surface area contributed by atoms with Crippen LogP contribution in [0.1, 0.15) is 39.2 Å². The van der Waals surface area contributed by atoms with Gasteiger partial charge in [-0.15, -0.1) is 0 Å². The second kappa shape index (κ2) is 7.81. The molecular weight excluding hydrogens is 260 g/mol. The molecule has 1 aromatic rings. The van der Waals surface area contributed by atoms with Crippen LogP contribution in [0.4, 0.5) is 0 Å². The Morgan fingerprint density at radius 2 is 1.76 bits per heavy atom. The van der Waals surface area contributed by atoms with Crippen molar-refractivity contribution in [1.82, 2.24) is 10.2 Å². The Bertz CT molecular complexity index is 408. The minimum atomic E-state index is 0.391. The van der Waals surface area contributed by atoms with E-state index in [0.717, 1.165) is 12.4 Å². The Kier molecular flexibility index (Phi) is 6.07. The van der Waals surface area contributed by atoms with Crippen LogP contribution >= 0.6 is 0 Å². The summed E-state index contributed by atoms with van der Waals surface area (Å²) in [7, 11) is 0. The first-order valence-electron chi connectivity index (χ1n) is 8.24. The maximum atomic E-state index is 5.85. The Morgan fingerprint density at radius 1 is 1.14 bits per heavy atom. The minimum absolute atomic E-state index is 0.391. The summed E-state index contributed by atoms with van der Waals surface area (Å²) >= 11 is 0. The lowest BCUT2D eigenvalue weighted by Gasteiger charge is -2.36. The lowest BCUT2D eigenvalue weighted by molar-refractivity contribution is 0.151. The van der Waals surface area contributed by atoms with Gasteiger partial charge >= 0.3 is 0 Å². The molecule has 3 nitrogen and oxygen atoms in total. The Hall–Kier alpha value is -1.06. The Balaban J connectivity index is 1.68. The van der Waals surface area contributed by atoms with Gasteiger partial charge in [0.25, 0.3) is 0 Å². The molecule has 1 heterocycles. The fraction of sp³-hybridized carbons (Fsp3) is 0.667. The monoisotopic (exact) mass is 290 g/mol. The first-order chi connectivity index (χ1) is 10.0. The summed E-state index contributed by atoms with van der Waals surface area (Å²) in [6, 6.07) is 9.97. The normalized spacial score (nSPS) is 18.9. The maximum Gasteiger partial charge on any atom is 0.119 e. The van der Waals surface area contributed by atoms with E-state index < -0.39 is 0 Å². The summed E-state index contributed by atoms with van der Waals surface area (Å²) < 4.78 is 5.85. The van der Waals surface area contributed by atoms with Gasteiger partial charge in [-0.1, -0.05) is 17.7 Å². The number of piperidine rings is 1. The van der Waals surface area contributed by atoms with E-state index in [4.69, 9.17) is 4.74 Å². The number of ether oxygens (including phenoxy) is 1. The molecule has 0 spiro atoms. The average molecular weight is 290 g/mol. The number of likely N-dealkylation sites (tertiary alicyclic amines) is 1. The van der Waals surface area contributed by atoms with Crippen LogP contribution in [0, 0.1) is 6.92 Å². The molecule has 1 aromatic carbocycles. The smallest absolute Gasteiger partial charge is 0.119 e. The molecule has 2 rings (SSSR count). The lowest BCUT2D eigenvalue weighted by Crippen LogP contribution is -2.48. The Morgan fingerprint density at radius 3 is 2.33 bits per heavy atom. The predicted octanol–water partition coefficient (Wildman–Crippen LogP) is 3.22. The lowest BCUT2D eigenvalue weighted by atomic mass is 10.0. The van der Waals surface area contributed by atoms with E-state index in [1.807, 2.05) is 12.1 Å². The summed E-state index contributed by atoms with van der Waals surface area (Å²) in [4.78, 5) is 2.56. The summed E-state index contributed by atoms with van der Waals surface area (Å²) in [6.45, 7) is 12.0. The number of hydrogen-bond acceptors (Lipinski definition) is 3. The quantitative estimate of drug-likeness (QED) is 0.870. The summed E-state index contributed by atoms with van der Waals surface area (Å²) in [6.07, 6.45) is 2.49. The van der Waals surface area contributed by atoms with Crippen molar-refractivity contribution in [2.24, 2.45) is 0 Å². The van der Waals surface area contributed by atoms with Crippen molar-refractivity contribution in [3.63, 3.8) is 0 Å². The first-order valence-corrected chi connectivity index (χ1v) is 8.24. The van der Waals surface area contributed by atoms with Crippen molar-refractivity contribution >= 4 is 0 Å².